The van der Waals surface area contributed by atoms with Crippen LogP contribution in [0.1, 0.15) is 40.5 Å². The van der Waals surface area contributed by atoms with Crippen LogP contribution in [0.5, 0.6) is 0 Å². The zero-order chi connectivity index (χ0) is 16.5. The van der Waals surface area contributed by atoms with Gasteiger partial charge in [0.15, 0.2) is 0 Å². The molecule has 0 saturated heterocycles. The Morgan fingerprint density at radius 1 is 1.27 bits per heavy atom. The summed E-state index contributed by atoms with van der Waals surface area (Å²) in [4.78, 5) is 33.9. The third-order valence-electron chi connectivity index (χ3n) is 2.85. The molecule has 1 N–H and O–H groups in total. The molecule has 22 heavy (non-hydrogen) atoms. The van der Waals surface area contributed by atoms with E-state index in [0.717, 1.165) is 6.08 Å². The van der Waals surface area contributed by atoms with Crippen LogP contribution < -0.4 is 0 Å². The van der Waals surface area contributed by atoms with Crippen molar-refractivity contribution in [1.82, 2.24) is 0 Å². The molecule has 0 aliphatic carbocycles. The van der Waals surface area contributed by atoms with Crippen molar-refractivity contribution in [3.8, 4) is 0 Å². The van der Waals surface area contributed by atoms with Crippen LogP contribution in [0, 0.1) is 0 Å². The Labute approximate surface area is 128 Å². The second kappa shape index (κ2) is 8.61. The van der Waals surface area contributed by atoms with Gasteiger partial charge in [-0.3, -0.25) is 0 Å². The van der Waals surface area contributed by atoms with Gasteiger partial charge in [-0.05, 0) is 31.9 Å². The summed E-state index contributed by atoms with van der Waals surface area (Å²) in [5.41, 5.74) is -0.0838. The lowest BCUT2D eigenvalue weighted by molar-refractivity contribution is -0.138. The summed E-state index contributed by atoms with van der Waals surface area (Å²) in [6.07, 6.45) is 1.67. The first-order valence-corrected chi connectivity index (χ1v) is 6.78. The van der Waals surface area contributed by atoms with Crippen molar-refractivity contribution >= 4 is 17.9 Å². The zero-order valence-corrected chi connectivity index (χ0v) is 12.3. The fourth-order valence-corrected chi connectivity index (χ4v) is 1.76. The maximum atomic E-state index is 12.0. The third-order valence-corrected chi connectivity index (χ3v) is 2.85. The van der Waals surface area contributed by atoms with E-state index in [1.54, 1.807) is 13.0 Å². The van der Waals surface area contributed by atoms with Gasteiger partial charge in [-0.25, -0.2) is 14.4 Å². The van der Waals surface area contributed by atoms with Gasteiger partial charge in [-0.1, -0.05) is 18.7 Å². The van der Waals surface area contributed by atoms with Gasteiger partial charge in [-0.2, -0.15) is 0 Å². The number of benzene rings is 1. The number of carbonyl (C=O) groups is 3. The highest BCUT2D eigenvalue weighted by Gasteiger charge is 2.18. The third kappa shape index (κ3) is 5.40. The molecular formula is C16H18O6. The van der Waals surface area contributed by atoms with Gasteiger partial charge < -0.3 is 14.6 Å². The predicted molar refractivity (Wildman–Crippen MR) is 78.7 cm³/mol. The Bertz CT molecular complexity index is 564. The second-order valence-corrected chi connectivity index (χ2v) is 4.58. The maximum Gasteiger partial charge on any atom is 0.339 e. The number of ether oxygens (including phenoxy) is 2. The monoisotopic (exact) mass is 306 g/mol. The zero-order valence-electron chi connectivity index (χ0n) is 12.3. The minimum absolute atomic E-state index is 0.0138. The molecule has 1 aromatic rings. The quantitative estimate of drug-likeness (QED) is 0.451. The number of carboxylic acids is 1. The lowest BCUT2D eigenvalue weighted by Crippen LogP contribution is -2.18. The molecule has 0 bridgehead atoms. The van der Waals surface area contributed by atoms with Crippen LogP contribution in [-0.4, -0.2) is 35.7 Å². The molecule has 0 fully saturated rings. The molecule has 0 aliphatic heterocycles. The predicted octanol–water partition coefficient (Wildman–Crippen LogP) is 2.44. The Morgan fingerprint density at radius 3 is 2.50 bits per heavy atom. The van der Waals surface area contributed by atoms with E-state index in [2.05, 4.69) is 6.58 Å². The molecule has 0 saturated carbocycles. The van der Waals surface area contributed by atoms with Crippen LogP contribution >= 0.6 is 0 Å². The van der Waals surface area contributed by atoms with E-state index in [-0.39, 0.29) is 17.7 Å². The van der Waals surface area contributed by atoms with Crippen molar-refractivity contribution in [2.24, 2.45) is 0 Å². The fraction of sp³-hybridized carbons (Fsp3) is 0.312. The fourth-order valence-electron chi connectivity index (χ4n) is 1.76. The van der Waals surface area contributed by atoms with E-state index in [9.17, 15) is 14.4 Å². The molecule has 0 aromatic heterocycles. The molecule has 1 unspecified atom stereocenters. The highest BCUT2D eigenvalue weighted by molar-refractivity contribution is 6.02. The van der Waals surface area contributed by atoms with Crippen LogP contribution in [-0.2, 0) is 14.3 Å². The Hall–Kier alpha value is -2.63. The van der Waals surface area contributed by atoms with Gasteiger partial charge in [-0.15, -0.1) is 0 Å². The summed E-state index contributed by atoms with van der Waals surface area (Å²) in [5, 5.41) is 9.03. The highest BCUT2D eigenvalue weighted by Crippen LogP contribution is 2.13. The summed E-state index contributed by atoms with van der Waals surface area (Å²) in [5.74, 6) is -2.37. The lowest BCUT2D eigenvalue weighted by Gasteiger charge is -2.14. The van der Waals surface area contributed by atoms with Crippen molar-refractivity contribution in [2.45, 2.75) is 25.9 Å². The van der Waals surface area contributed by atoms with Crippen molar-refractivity contribution < 1.29 is 29.0 Å². The SMILES string of the molecule is C=CC(=O)OCCCC(C)OC(=O)c1ccccc1C(=O)O. The van der Waals surface area contributed by atoms with Crippen molar-refractivity contribution in [3.63, 3.8) is 0 Å². The number of esters is 2. The standard InChI is InChI=1S/C16H18O6/c1-3-14(17)21-10-6-7-11(2)22-16(20)13-9-5-4-8-12(13)15(18)19/h3-5,8-9,11H,1,6-7,10H2,2H3,(H,18,19). The Balaban J connectivity index is 2.49. The summed E-state index contributed by atoms with van der Waals surface area (Å²) in [6.45, 7) is 5.18. The summed E-state index contributed by atoms with van der Waals surface area (Å²) >= 11 is 0. The summed E-state index contributed by atoms with van der Waals surface area (Å²) in [7, 11) is 0. The van der Waals surface area contributed by atoms with Gasteiger partial charge in [0.2, 0.25) is 0 Å². The van der Waals surface area contributed by atoms with Gasteiger partial charge >= 0.3 is 17.9 Å². The minimum Gasteiger partial charge on any atom is -0.478 e. The molecule has 0 spiro atoms. The van der Waals surface area contributed by atoms with Crippen molar-refractivity contribution in [1.29, 1.82) is 0 Å². The van der Waals surface area contributed by atoms with Gasteiger partial charge in [0, 0.05) is 6.08 Å². The van der Waals surface area contributed by atoms with E-state index >= 15 is 0 Å². The molecule has 6 nitrogen and oxygen atoms in total. The number of hydrogen-bond donors (Lipinski definition) is 1. The van der Waals surface area contributed by atoms with Crippen molar-refractivity contribution in [2.75, 3.05) is 6.61 Å². The van der Waals surface area contributed by atoms with Crippen LogP contribution in [0.2, 0.25) is 0 Å². The number of rotatable bonds is 8. The van der Waals surface area contributed by atoms with Gasteiger partial charge in [0.05, 0.1) is 23.8 Å². The average molecular weight is 306 g/mol. The summed E-state index contributed by atoms with van der Waals surface area (Å²) in [6, 6.07) is 5.86. The van der Waals surface area contributed by atoms with Gasteiger partial charge in [0.1, 0.15) is 0 Å². The molecule has 0 amide bonds. The van der Waals surface area contributed by atoms with E-state index in [1.807, 2.05) is 0 Å². The molecule has 0 aliphatic rings. The van der Waals surface area contributed by atoms with E-state index < -0.39 is 24.0 Å². The maximum absolute atomic E-state index is 12.0. The Morgan fingerprint density at radius 2 is 1.91 bits per heavy atom. The Kier molecular flexibility index (Phi) is 6.82. The van der Waals surface area contributed by atoms with E-state index in [4.69, 9.17) is 14.6 Å². The van der Waals surface area contributed by atoms with E-state index in [1.165, 1.54) is 18.2 Å². The minimum atomic E-state index is -1.18. The molecule has 1 atom stereocenters. The first-order chi connectivity index (χ1) is 10.5. The van der Waals surface area contributed by atoms with Crippen LogP contribution in [0.25, 0.3) is 0 Å². The molecule has 6 heteroatoms. The molecule has 0 radical (unpaired) electrons. The number of carbonyl (C=O) groups excluding carboxylic acids is 2. The van der Waals surface area contributed by atoms with Crippen LogP contribution in [0.15, 0.2) is 36.9 Å². The van der Waals surface area contributed by atoms with Crippen molar-refractivity contribution in [3.05, 3.63) is 48.0 Å². The molecule has 118 valence electrons. The second-order valence-electron chi connectivity index (χ2n) is 4.58. The van der Waals surface area contributed by atoms with Crippen LogP contribution in [0.4, 0.5) is 0 Å². The molecular weight excluding hydrogens is 288 g/mol. The molecule has 0 heterocycles. The molecule has 1 aromatic carbocycles. The lowest BCUT2D eigenvalue weighted by atomic mass is 10.1. The number of carboxylic acid groups (broad SMARTS) is 1. The topological polar surface area (TPSA) is 89.9 Å². The smallest absolute Gasteiger partial charge is 0.339 e. The van der Waals surface area contributed by atoms with Crippen LogP contribution in [0.3, 0.4) is 0 Å². The number of hydrogen-bond acceptors (Lipinski definition) is 5. The van der Waals surface area contributed by atoms with E-state index in [0.29, 0.717) is 12.8 Å². The summed E-state index contributed by atoms with van der Waals surface area (Å²) < 4.78 is 10.0. The first kappa shape index (κ1) is 17.4. The first-order valence-electron chi connectivity index (χ1n) is 6.78. The number of aromatic carboxylic acids is 1. The largest absolute Gasteiger partial charge is 0.478 e. The normalized spacial score (nSPS) is 11.3. The average Bonchev–Trinajstić information content (AvgIpc) is 2.51. The molecule has 1 rings (SSSR count). The highest BCUT2D eigenvalue weighted by atomic mass is 16.5. The van der Waals surface area contributed by atoms with Gasteiger partial charge in [0.25, 0.3) is 0 Å².